The summed E-state index contributed by atoms with van der Waals surface area (Å²) < 4.78 is 0. The van der Waals surface area contributed by atoms with Crippen molar-refractivity contribution in [1.29, 1.82) is 0 Å². The molecule has 0 aliphatic heterocycles. The van der Waals surface area contributed by atoms with E-state index in [1.54, 1.807) is 6.20 Å². The molecule has 0 unspecified atom stereocenters. The van der Waals surface area contributed by atoms with Gasteiger partial charge in [0.25, 0.3) is 0 Å². The summed E-state index contributed by atoms with van der Waals surface area (Å²) in [6.45, 7) is 6.02. The van der Waals surface area contributed by atoms with Crippen LogP contribution >= 0.6 is 11.8 Å². The van der Waals surface area contributed by atoms with Crippen molar-refractivity contribution in [3.05, 3.63) is 35.3 Å². The summed E-state index contributed by atoms with van der Waals surface area (Å²) >= 11 is 1.50. The van der Waals surface area contributed by atoms with E-state index in [-0.39, 0.29) is 0 Å². The van der Waals surface area contributed by atoms with Crippen molar-refractivity contribution in [2.24, 2.45) is 5.84 Å². The minimum Gasteiger partial charge on any atom is -0.308 e. The molecule has 0 radical (unpaired) electrons. The predicted molar refractivity (Wildman–Crippen MR) is 72.4 cm³/mol. The van der Waals surface area contributed by atoms with Crippen LogP contribution in [0.5, 0.6) is 0 Å². The van der Waals surface area contributed by atoms with Crippen molar-refractivity contribution in [2.75, 3.05) is 5.43 Å². The second-order valence-corrected chi connectivity index (χ2v) is 4.97. The summed E-state index contributed by atoms with van der Waals surface area (Å²) in [5.41, 5.74) is 5.68. The number of rotatable bonds is 3. The number of nitrogens with two attached hydrogens (primary N) is 1. The van der Waals surface area contributed by atoms with Gasteiger partial charge in [-0.1, -0.05) is 0 Å². The third kappa shape index (κ3) is 2.77. The Balaban J connectivity index is 2.28. The highest BCUT2D eigenvalue weighted by Gasteiger charge is 2.06. The van der Waals surface area contributed by atoms with Crippen molar-refractivity contribution >= 4 is 17.6 Å². The molecule has 2 aromatic rings. The number of hydrogen-bond donors (Lipinski definition) is 2. The van der Waals surface area contributed by atoms with Gasteiger partial charge in [-0.2, -0.15) is 0 Å². The summed E-state index contributed by atoms with van der Waals surface area (Å²) in [4.78, 5) is 14.0. The van der Waals surface area contributed by atoms with E-state index in [4.69, 9.17) is 5.84 Å². The number of nitrogens with one attached hydrogen (secondary N) is 1. The minimum atomic E-state index is 0.626. The Morgan fingerprint density at radius 3 is 2.44 bits per heavy atom. The summed E-state index contributed by atoms with van der Waals surface area (Å²) in [7, 11) is 0. The Morgan fingerprint density at radius 1 is 1.17 bits per heavy atom. The lowest BCUT2D eigenvalue weighted by atomic mass is 10.2. The van der Waals surface area contributed by atoms with E-state index < -0.39 is 0 Å². The Kier molecular flexibility index (Phi) is 3.78. The predicted octanol–water partition coefficient (Wildman–Crippen LogP) is 2.23. The third-order valence-corrected chi connectivity index (χ3v) is 3.56. The van der Waals surface area contributed by atoms with Crippen LogP contribution in [0.25, 0.3) is 0 Å². The summed E-state index contributed by atoms with van der Waals surface area (Å²) in [5.74, 6) is 5.95. The summed E-state index contributed by atoms with van der Waals surface area (Å²) in [6, 6.07) is 3.76. The van der Waals surface area contributed by atoms with Crippen LogP contribution in [-0.2, 0) is 0 Å². The molecule has 0 atom stereocenters. The molecule has 3 N–H and O–H groups in total. The topological polar surface area (TPSA) is 76.7 Å². The first-order valence-electron chi connectivity index (χ1n) is 5.52. The average molecular weight is 261 g/mol. The van der Waals surface area contributed by atoms with Crippen LogP contribution < -0.4 is 11.3 Å². The number of nitrogens with zero attached hydrogens (tertiary/aromatic N) is 3. The van der Waals surface area contributed by atoms with Gasteiger partial charge in [0.15, 0.2) is 5.16 Å². The Bertz CT molecular complexity index is 547. The van der Waals surface area contributed by atoms with Gasteiger partial charge >= 0.3 is 0 Å². The smallest absolute Gasteiger partial charge is 0.192 e. The largest absolute Gasteiger partial charge is 0.308 e. The molecule has 94 valence electrons. The molecule has 0 spiro atoms. The fourth-order valence-corrected chi connectivity index (χ4v) is 2.32. The molecule has 0 saturated heterocycles. The van der Waals surface area contributed by atoms with Crippen molar-refractivity contribution in [1.82, 2.24) is 15.0 Å². The molecule has 0 aliphatic rings. The highest BCUT2D eigenvalue weighted by atomic mass is 32.2. The monoisotopic (exact) mass is 261 g/mol. The molecular formula is C12H15N5S. The van der Waals surface area contributed by atoms with Gasteiger partial charge in [0.2, 0.25) is 0 Å². The van der Waals surface area contributed by atoms with Gasteiger partial charge in [-0.25, -0.2) is 20.8 Å². The fraction of sp³-hybridized carbons (Fsp3) is 0.250. The number of hydrogen-bond acceptors (Lipinski definition) is 6. The highest BCUT2D eigenvalue weighted by molar-refractivity contribution is 7.99. The SMILES string of the molecule is Cc1nc(Sc2ccnc(NN)c2)nc(C)c1C. The van der Waals surface area contributed by atoms with Gasteiger partial charge in [0.05, 0.1) is 0 Å². The van der Waals surface area contributed by atoms with Gasteiger partial charge in [-0.3, -0.25) is 0 Å². The zero-order valence-corrected chi connectivity index (χ0v) is 11.4. The van der Waals surface area contributed by atoms with E-state index in [0.29, 0.717) is 5.82 Å². The molecule has 18 heavy (non-hydrogen) atoms. The number of anilines is 1. The van der Waals surface area contributed by atoms with E-state index in [2.05, 4.69) is 20.4 Å². The number of nitrogen functional groups attached to an aromatic ring is 1. The first-order valence-corrected chi connectivity index (χ1v) is 6.34. The number of pyridine rings is 1. The van der Waals surface area contributed by atoms with E-state index >= 15 is 0 Å². The van der Waals surface area contributed by atoms with Crippen LogP contribution in [0.4, 0.5) is 5.82 Å². The first-order chi connectivity index (χ1) is 8.60. The lowest BCUT2D eigenvalue weighted by Crippen LogP contribution is -2.08. The molecule has 6 heteroatoms. The van der Waals surface area contributed by atoms with Crippen molar-refractivity contribution < 1.29 is 0 Å². The lowest BCUT2D eigenvalue weighted by Gasteiger charge is -2.07. The minimum absolute atomic E-state index is 0.626. The van der Waals surface area contributed by atoms with Crippen LogP contribution in [0.1, 0.15) is 17.0 Å². The van der Waals surface area contributed by atoms with Crippen LogP contribution in [0.15, 0.2) is 28.4 Å². The molecule has 0 bridgehead atoms. The van der Waals surface area contributed by atoms with Crippen LogP contribution in [-0.4, -0.2) is 15.0 Å². The van der Waals surface area contributed by atoms with Crippen molar-refractivity contribution in [2.45, 2.75) is 30.8 Å². The zero-order chi connectivity index (χ0) is 13.1. The van der Waals surface area contributed by atoms with Gasteiger partial charge in [0, 0.05) is 22.5 Å². The molecule has 0 aliphatic carbocycles. The number of hydrazine groups is 1. The van der Waals surface area contributed by atoms with Crippen molar-refractivity contribution in [3.8, 4) is 0 Å². The molecular weight excluding hydrogens is 246 g/mol. The Hall–Kier alpha value is -1.66. The second kappa shape index (κ2) is 5.32. The molecule has 0 aromatic carbocycles. The number of aromatic nitrogens is 3. The van der Waals surface area contributed by atoms with Gasteiger partial charge < -0.3 is 5.43 Å². The van der Waals surface area contributed by atoms with Gasteiger partial charge in [-0.05, 0) is 50.2 Å². The Labute approximate surface area is 110 Å². The van der Waals surface area contributed by atoms with Crippen LogP contribution in [0.2, 0.25) is 0 Å². The van der Waals surface area contributed by atoms with E-state index in [0.717, 1.165) is 27.0 Å². The fourth-order valence-electron chi connectivity index (χ4n) is 1.45. The molecule has 0 saturated carbocycles. The van der Waals surface area contributed by atoms with Crippen LogP contribution in [0.3, 0.4) is 0 Å². The molecule has 0 fully saturated rings. The average Bonchev–Trinajstić information content (AvgIpc) is 2.36. The second-order valence-electron chi connectivity index (χ2n) is 3.93. The summed E-state index contributed by atoms with van der Waals surface area (Å²) in [6.07, 6.45) is 1.70. The number of aryl methyl sites for hydroxylation is 2. The molecule has 2 heterocycles. The van der Waals surface area contributed by atoms with Gasteiger partial charge in [0.1, 0.15) is 5.82 Å². The van der Waals surface area contributed by atoms with Crippen LogP contribution in [0, 0.1) is 20.8 Å². The molecule has 0 amide bonds. The molecule has 5 nitrogen and oxygen atoms in total. The maximum atomic E-state index is 5.33. The van der Waals surface area contributed by atoms with Gasteiger partial charge in [-0.15, -0.1) is 0 Å². The highest BCUT2D eigenvalue weighted by Crippen LogP contribution is 2.26. The van der Waals surface area contributed by atoms with E-state index in [1.165, 1.54) is 11.8 Å². The summed E-state index contributed by atoms with van der Waals surface area (Å²) in [5, 5.41) is 0.741. The zero-order valence-electron chi connectivity index (χ0n) is 10.6. The quantitative estimate of drug-likeness (QED) is 0.501. The standard InChI is InChI=1S/C12H15N5S/c1-7-8(2)15-12(16-9(7)3)18-10-4-5-14-11(6-10)17-13/h4-6H,13H2,1-3H3,(H,14,17). The maximum absolute atomic E-state index is 5.33. The molecule has 2 rings (SSSR count). The normalized spacial score (nSPS) is 10.4. The van der Waals surface area contributed by atoms with E-state index in [9.17, 15) is 0 Å². The first kappa shape index (κ1) is 12.8. The third-order valence-electron chi connectivity index (χ3n) is 2.70. The van der Waals surface area contributed by atoms with Crippen molar-refractivity contribution in [3.63, 3.8) is 0 Å². The maximum Gasteiger partial charge on any atom is 0.192 e. The molecule has 2 aromatic heterocycles. The Morgan fingerprint density at radius 2 is 1.83 bits per heavy atom. The van der Waals surface area contributed by atoms with E-state index in [1.807, 2.05) is 32.9 Å². The lowest BCUT2D eigenvalue weighted by molar-refractivity contribution is 0.881.